The minimum Gasteiger partial charge on any atom is -0.463 e. The second kappa shape index (κ2) is 6.85. The quantitative estimate of drug-likeness (QED) is 0.386. The van der Waals surface area contributed by atoms with Crippen LogP contribution in [0.4, 0.5) is 0 Å². The van der Waals surface area contributed by atoms with E-state index in [1.54, 1.807) is 0 Å². The number of hydrogen-bond acceptors (Lipinski definition) is 3. The summed E-state index contributed by atoms with van der Waals surface area (Å²) in [5.41, 5.74) is 0. The molecule has 0 heterocycles. The molecule has 70 valence electrons. The predicted molar refractivity (Wildman–Crippen MR) is 46.7 cm³/mol. The molecule has 3 nitrogen and oxygen atoms in total. The van der Waals surface area contributed by atoms with E-state index in [1.165, 1.54) is 6.92 Å². The lowest BCUT2D eigenvalue weighted by atomic mass is 10.3. The fourth-order valence-corrected chi connectivity index (χ4v) is 0.633. The van der Waals surface area contributed by atoms with Gasteiger partial charge in [0.2, 0.25) is 0 Å². The van der Waals surface area contributed by atoms with Crippen molar-refractivity contribution >= 4 is 5.97 Å². The minimum atomic E-state index is -1.01. The summed E-state index contributed by atoms with van der Waals surface area (Å²) in [6, 6.07) is 0. The van der Waals surface area contributed by atoms with Crippen molar-refractivity contribution in [1.29, 1.82) is 0 Å². The summed E-state index contributed by atoms with van der Waals surface area (Å²) in [6.45, 7) is 3.78. The number of aliphatic hydroxyl groups excluding tert-OH is 1. The molecule has 0 bridgehead atoms. The SMILES string of the molecule is CC/C=C\CCOC(=O)[C@H](C)O. The van der Waals surface area contributed by atoms with Gasteiger partial charge in [0.05, 0.1) is 6.61 Å². The molecule has 0 aliphatic heterocycles. The molecule has 0 amide bonds. The Hall–Kier alpha value is -0.830. The summed E-state index contributed by atoms with van der Waals surface area (Å²) in [6.07, 6.45) is 4.66. The average molecular weight is 172 g/mol. The molecule has 1 atom stereocenters. The number of aliphatic hydroxyl groups is 1. The zero-order valence-electron chi connectivity index (χ0n) is 7.62. The van der Waals surface area contributed by atoms with Crippen molar-refractivity contribution in [2.75, 3.05) is 6.61 Å². The van der Waals surface area contributed by atoms with E-state index in [-0.39, 0.29) is 0 Å². The van der Waals surface area contributed by atoms with Crippen molar-refractivity contribution in [1.82, 2.24) is 0 Å². The fraction of sp³-hybridized carbons (Fsp3) is 0.667. The lowest BCUT2D eigenvalue weighted by molar-refractivity contribution is -0.152. The van der Waals surface area contributed by atoms with Gasteiger partial charge in [0.1, 0.15) is 6.10 Å². The van der Waals surface area contributed by atoms with Crippen LogP contribution in [0.2, 0.25) is 0 Å². The molecule has 1 N–H and O–H groups in total. The Morgan fingerprint density at radius 3 is 2.75 bits per heavy atom. The van der Waals surface area contributed by atoms with E-state index in [4.69, 9.17) is 9.84 Å². The standard InChI is InChI=1S/C9H16O3/c1-3-4-5-6-7-12-9(11)8(2)10/h4-5,8,10H,3,6-7H2,1-2H3/b5-4-/t8-/m0/s1. The van der Waals surface area contributed by atoms with Crippen LogP contribution in [0.25, 0.3) is 0 Å². The first-order valence-electron chi connectivity index (χ1n) is 4.18. The van der Waals surface area contributed by atoms with Crippen LogP contribution < -0.4 is 0 Å². The predicted octanol–water partition coefficient (Wildman–Crippen LogP) is 1.27. The maximum Gasteiger partial charge on any atom is 0.334 e. The molecule has 0 aromatic carbocycles. The lowest BCUT2D eigenvalue weighted by Gasteiger charge is -2.03. The first kappa shape index (κ1) is 11.2. The molecule has 0 spiro atoms. The highest BCUT2D eigenvalue weighted by Gasteiger charge is 2.08. The van der Waals surface area contributed by atoms with Gasteiger partial charge >= 0.3 is 5.97 Å². The molecule has 12 heavy (non-hydrogen) atoms. The van der Waals surface area contributed by atoms with Gasteiger partial charge in [-0.25, -0.2) is 4.79 Å². The number of hydrogen-bond donors (Lipinski definition) is 1. The summed E-state index contributed by atoms with van der Waals surface area (Å²) in [5, 5.41) is 8.73. The third kappa shape index (κ3) is 5.92. The molecule has 0 fully saturated rings. The van der Waals surface area contributed by atoms with Crippen molar-refractivity contribution in [2.45, 2.75) is 32.8 Å². The summed E-state index contributed by atoms with van der Waals surface area (Å²) < 4.78 is 4.71. The Morgan fingerprint density at radius 1 is 1.58 bits per heavy atom. The van der Waals surface area contributed by atoms with Crippen LogP contribution in [0.1, 0.15) is 26.7 Å². The largest absolute Gasteiger partial charge is 0.463 e. The van der Waals surface area contributed by atoms with Crippen LogP contribution in [0.3, 0.4) is 0 Å². The summed E-state index contributed by atoms with van der Waals surface area (Å²) in [5.74, 6) is -0.556. The number of carbonyl (C=O) groups is 1. The zero-order chi connectivity index (χ0) is 9.40. The Bertz CT molecular complexity index is 150. The van der Waals surface area contributed by atoms with E-state index in [1.807, 2.05) is 19.1 Å². The molecule has 3 heteroatoms. The van der Waals surface area contributed by atoms with Gasteiger partial charge in [-0.3, -0.25) is 0 Å². The molecule has 0 rings (SSSR count). The summed E-state index contributed by atoms with van der Waals surface area (Å²) in [4.78, 5) is 10.7. The number of carbonyl (C=O) groups excluding carboxylic acids is 1. The Kier molecular flexibility index (Phi) is 6.38. The van der Waals surface area contributed by atoms with Crippen LogP contribution in [-0.2, 0) is 9.53 Å². The topological polar surface area (TPSA) is 46.5 Å². The fourth-order valence-electron chi connectivity index (χ4n) is 0.633. The average Bonchev–Trinajstić information content (AvgIpc) is 2.03. The second-order valence-corrected chi connectivity index (χ2v) is 2.51. The van der Waals surface area contributed by atoms with E-state index < -0.39 is 12.1 Å². The van der Waals surface area contributed by atoms with Crippen molar-refractivity contribution < 1.29 is 14.6 Å². The monoisotopic (exact) mass is 172 g/mol. The van der Waals surface area contributed by atoms with Crippen molar-refractivity contribution in [3.8, 4) is 0 Å². The second-order valence-electron chi connectivity index (χ2n) is 2.51. The van der Waals surface area contributed by atoms with Crippen molar-refractivity contribution in [2.24, 2.45) is 0 Å². The molecule has 0 saturated heterocycles. The molecular weight excluding hydrogens is 156 g/mol. The van der Waals surface area contributed by atoms with Crippen LogP contribution in [0, 0.1) is 0 Å². The molecule has 0 aliphatic carbocycles. The molecule has 0 radical (unpaired) electrons. The molecule has 0 unspecified atom stereocenters. The highest BCUT2D eigenvalue weighted by molar-refractivity contribution is 5.73. The van der Waals surface area contributed by atoms with E-state index in [0.717, 1.165) is 6.42 Å². The normalized spacial score (nSPS) is 13.2. The molecule has 0 aromatic heterocycles. The highest BCUT2D eigenvalue weighted by Crippen LogP contribution is 1.91. The zero-order valence-corrected chi connectivity index (χ0v) is 7.62. The van der Waals surface area contributed by atoms with Crippen LogP contribution in [0.15, 0.2) is 12.2 Å². The summed E-state index contributed by atoms with van der Waals surface area (Å²) >= 11 is 0. The van der Waals surface area contributed by atoms with Crippen LogP contribution in [-0.4, -0.2) is 23.8 Å². The van der Waals surface area contributed by atoms with Crippen molar-refractivity contribution in [3.63, 3.8) is 0 Å². The maximum atomic E-state index is 10.7. The van der Waals surface area contributed by atoms with Gasteiger partial charge in [0.15, 0.2) is 0 Å². The van der Waals surface area contributed by atoms with Gasteiger partial charge in [-0.2, -0.15) is 0 Å². The highest BCUT2D eigenvalue weighted by atomic mass is 16.5. The Labute approximate surface area is 73.0 Å². The number of ether oxygens (including phenoxy) is 1. The van der Waals surface area contributed by atoms with E-state index in [2.05, 4.69) is 0 Å². The maximum absolute atomic E-state index is 10.7. The third-order valence-corrected chi connectivity index (χ3v) is 1.27. The van der Waals surface area contributed by atoms with Gasteiger partial charge in [-0.1, -0.05) is 19.1 Å². The first-order chi connectivity index (χ1) is 5.68. The van der Waals surface area contributed by atoms with Gasteiger partial charge in [0.25, 0.3) is 0 Å². The Morgan fingerprint density at radius 2 is 2.25 bits per heavy atom. The van der Waals surface area contributed by atoms with E-state index >= 15 is 0 Å². The first-order valence-corrected chi connectivity index (χ1v) is 4.18. The number of esters is 1. The third-order valence-electron chi connectivity index (χ3n) is 1.27. The molecule has 0 saturated carbocycles. The molecular formula is C9H16O3. The smallest absolute Gasteiger partial charge is 0.334 e. The van der Waals surface area contributed by atoms with E-state index in [9.17, 15) is 4.79 Å². The van der Waals surface area contributed by atoms with E-state index in [0.29, 0.717) is 13.0 Å². The number of rotatable bonds is 5. The van der Waals surface area contributed by atoms with Crippen LogP contribution >= 0.6 is 0 Å². The molecule has 0 aliphatic rings. The summed E-state index contributed by atoms with van der Waals surface area (Å²) in [7, 11) is 0. The minimum absolute atomic E-state index is 0.347. The Balaban J connectivity index is 3.31. The number of allylic oxidation sites excluding steroid dienone is 1. The van der Waals surface area contributed by atoms with Crippen molar-refractivity contribution in [3.05, 3.63) is 12.2 Å². The van der Waals surface area contributed by atoms with Gasteiger partial charge in [0, 0.05) is 0 Å². The van der Waals surface area contributed by atoms with Crippen LogP contribution in [0.5, 0.6) is 0 Å². The molecule has 0 aromatic rings. The van der Waals surface area contributed by atoms with Gasteiger partial charge < -0.3 is 9.84 Å². The van der Waals surface area contributed by atoms with Gasteiger partial charge in [-0.15, -0.1) is 0 Å². The lowest BCUT2D eigenvalue weighted by Crippen LogP contribution is -2.19. The van der Waals surface area contributed by atoms with Gasteiger partial charge in [-0.05, 0) is 19.8 Å².